The van der Waals surface area contributed by atoms with E-state index >= 15 is 0 Å². The highest BCUT2D eigenvalue weighted by Crippen LogP contribution is 2.23. The number of hydrogen-bond donors (Lipinski definition) is 2. The summed E-state index contributed by atoms with van der Waals surface area (Å²) in [6, 6.07) is 8.27. The summed E-state index contributed by atoms with van der Waals surface area (Å²) >= 11 is 0. The fourth-order valence-electron chi connectivity index (χ4n) is 2.80. The quantitative estimate of drug-likeness (QED) is 0.855. The van der Waals surface area contributed by atoms with Crippen molar-refractivity contribution < 1.29 is 9.84 Å². The summed E-state index contributed by atoms with van der Waals surface area (Å²) in [5, 5.41) is 13.2. The number of phenolic OH excluding ortho intramolecular Hbond substituents is 1. The fourth-order valence-corrected chi connectivity index (χ4v) is 2.80. The van der Waals surface area contributed by atoms with Crippen LogP contribution in [0.1, 0.15) is 51.1 Å². The van der Waals surface area contributed by atoms with E-state index in [4.69, 9.17) is 4.74 Å². The van der Waals surface area contributed by atoms with Crippen molar-refractivity contribution in [1.29, 1.82) is 0 Å². The van der Waals surface area contributed by atoms with Crippen LogP contribution in [0, 0.1) is 0 Å². The Balaban J connectivity index is 1.89. The third-order valence-corrected chi connectivity index (χ3v) is 3.83. The van der Waals surface area contributed by atoms with Crippen LogP contribution in [0.4, 0.5) is 0 Å². The molecule has 3 nitrogen and oxygen atoms in total. The average Bonchev–Trinajstić information content (AvgIpc) is 2.39. The first-order valence-electron chi connectivity index (χ1n) is 7.35. The van der Waals surface area contributed by atoms with E-state index < -0.39 is 0 Å². The Bertz CT molecular complexity index is 392. The molecule has 0 radical (unpaired) electrons. The third-order valence-electron chi connectivity index (χ3n) is 3.83. The average molecular weight is 263 g/mol. The molecule has 0 spiro atoms. The molecule has 1 aliphatic heterocycles. The molecule has 0 saturated carbocycles. The Hall–Kier alpha value is -1.06. The summed E-state index contributed by atoms with van der Waals surface area (Å²) < 4.78 is 5.77. The predicted octanol–water partition coefficient (Wildman–Crippen LogP) is 3.39. The number of aromatic hydroxyl groups is 1. The van der Waals surface area contributed by atoms with E-state index in [9.17, 15) is 5.11 Å². The molecule has 0 amide bonds. The number of ether oxygens (including phenoxy) is 1. The summed E-state index contributed by atoms with van der Waals surface area (Å²) in [5.41, 5.74) is 1.14. The van der Waals surface area contributed by atoms with E-state index in [2.05, 4.69) is 25.2 Å². The lowest BCUT2D eigenvalue weighted by Gasteiger charge is -2.32. The van der Waals surface area contributed by atoms with Crippen molar-refractivity contribution in [1.82, 2.24) is 5.32 Å². The van der Waals surface area contributed by atoms with E-state index in [0.717, 1.165) is 31.4 Å². The van der Waals surface area contributed by atoms with E-state index in [0.29, 0.717) is 17.9 Å². The molecule has 2 rings (SSSR count). The molecule has 0 bridgehead atoms. The Kier molecular flexibility index (Phi) is 5.23. The number of rotatable bonds is 5. The van der Waals surface area contributed by atoms with E-state index in [1.165, 1.54) is 6.42 Å². The molecule has 19 heavy (non-hydrogen) atoms. The van der Waals surface area contributed by atoms with Gasteiger partial charge in [0.15, 0.2) is 0 Å². The van der Waals surface area contributed by atoms with Gasteiger partial charge in [0, 0.05) is 18.7 Å². The van der Waals surface area contributed by atoms with Gasteiger partial charge in [0.1, 0.15) is 5.75 Å². The summed E-state index contributed by atoms with van der Waals surface area (Å²) in [4.78, 5) is 0. The van der Waals surface area contributed by atoms with Crippen molar-refractivity contribution >= 4 is 0 Å². The number of phenols is 1. The van der Waals surface area contributed by atoms with Crippen LogP contribution in [0.5, 0.6) is 5.75 Å². The van der Waals surface area contributed by atoms with Crippen LogP contribution >= 0.6 is 0 Å². The maximum absolute atomic E-state index is 9.53. The molecule has 0 aromatic heterocycles. The largest absolute Gasteiger partial charge is 0.508 e. The van der Waals surface area contributed by atoms with Gasteiger partial charge in [0.2, 0.25) is 0 Å². The summed E-state index contributed by atoms with van der Waals surface area (Å²) in [6.45, 7) is 5.21. The van der Waals surface area contributed by atoms with E-state index in [1.54, 1.807) is 6.07 Å². The van der Waals surface area contributed by atoms with Crippen LogP contribution < -0.4 is 5.32 Å². The zero-order valence-corrected chi connectivity index (χ0v) is 11.9. The molecule has 1 saturated heterocycles. The zero-order valence-electron chi connectivity index (χ0n) is 11.9. The van der Waals surface area contributed by atoms with Crippen LogP contribution in [0.3, 0.4) is 0 Å². The summed E-state index contributed by atoms with van der Waals surface area (Å²) in [7, 11) is 0. The minimum absolute atomic E-state index is 0.262. The molecule has 3 unspecified atom stereocenters. The molecule has 106 valence electrons. The lowest BCUT2D eigenvalue weighted by Crippen LogP contribution is -2.40. The molecular formula is C16H25NO2. The Morgan fingerprint density at radius 1 is 1.47 bits per heavy atom. The number of hydrogen-bond acceptors (Lipinski definition) is 3. The van der Waals surface area contributed by atoms with Gasteiger partial charge in [-0.3, -0.25) is 0 Å². The molecule has 0 aliphatic carbocycles. The highest BCUT2D eigenvalue weighted by molar-refractivity contribution is 5.29. The standard InChI is InChI=1S/C16H25NO2/c1-3-5-16-11-14(8-9-19-16)17-12(2)13-6-4-7-15(18)10-13/h4,6-7,10,12,14,16-18H,3,5,8-9,11H2,1-2H3. The maximum Gasteiger partial charge on any atom is 0.115 e. The van der Waals surface area contributed by atoms with Crippen molar-refractivity contribution in [2.45, 2.75) is 57.7 Å². The summed E-state index contributed by atoms with van der Waals surface area (Å²) in [6.07, 6.45) is 4.91. The molecule has 1 fully saturated rings. The molecule has 1 aromatic carbocycles. The Morgan fingerprint density at radius 3 is 3.05 bits per heavy atom. The van der Waals surface area contributed by atoms with Gasteiger partial charge < -0.3 is 15.2 Å². The van der Waals surface area contributed by atoms with Gasteiger partial charge in [0.05, 0.1) is 6.10 Å². The third kappa shape index (κ3) is 4.22. The van der Waals surface area contributed by atoms with Gasteiger partial charge >= 0.3 is 0 Å². The normalized spacial score (nSPS) is 25.2. The molecule has 1 heterocycles. The number of nitrogens with one attached hydrogen (secondary N) is 1. The molecular weight excluding hydrogens is 238 g/mol. The van der Waals surface area contributed by atoms with Crippen LogP contribution in [-0.4, -0.2) is 23.9 Å². The Morgan fingerprint density at radius 2 is 2.32 bits per heavy atom. The van der Waals surface area contributed by atoms with Crippen molar-refractivity contribution in [3.05, 3.63) is 29.8 Å². The second-order valence-electron chi connectivity index (χ2n) is 5.49. The zero-order chi connectivity index (χ0) is 13.7. The van der Waals surface area contributed by atoms with Crippen molar-refractivity contribution in [3.8, 4) is 5.75 Å². The van der Waals surface area contributed by atoms with Crippen LogP contribution in [0.25, 0.3) is 0 Å². The van der Waals surface area contributed by atoms with Gasteiger partial charge in [-0.05, 0) is 43.9 Å². The Labute approximate surface area is 116 Å². The van der Waals surface area contributed by atoms with Crippen LogP contribution in [0.15, 0.2) is 24.3 Å². The maximum atomic E-state index is 9.53. The van der Waals surface area contributed by atoms with Gasteiger partial charge in [-0.15, -0.1) is 0 Å². The SMILES string of the molecule is CCCC1CC(NC(C)c2cccc(O)c2)CCO1. The lowest BCUT2D eigenvalue weighted by atomic mass is 9.98. The first-order valence-corrected chi connectivity index (χ1v) is 7.35. The van der Waals surface area contributed by atoms with E-state index in [-0.39, 0.29) is 6.04 Å². The van der Waals surface area contributed by atoms with Gasteiger partial charge in [-0.2, -0.15) is 0 Å². The molecule has 3 heteroatoms. The monoisotopic (exact) mass is 263 g/mol. The lowest BCUT2D eigenvalue weighted by molar-refractivity contribution is -0.00473. The second-order valence-corrected chi connectivity index (χ2v) is 5.49. The van der Waals surface area contributed by atoms with Crippen molar-refractivity contribution in [3.63, 3.8) is 0 Å². The van der Waals surface area contributed by atoms with Gasteiger partial charge in [0.25, 0.3) is 0 Å². The van der Waals surface area contributed by atoms with Crippen molar-refractivity contribution in [2.75, 3.05) is 6.61 Å². The predicted molar refractivity (Wildman–Crippen MR) is 77.3 cm³/mol. The van der Waals surface area contributed by atoms with Crippen molar-refractivity contribution in [2.24, 2.45) is 0 Å². The van der Waals surface area contributed by atoms with Crippen LogP contribution in [-0.2, 0) is 4.74 Å². The van der Waals surface area contributed by atoms with Gasteiger partial charge in [-0.1, -0.05) is 25.5 Å². The fraction of sp³-hybridized carbons (Fsp3) is 0.625. The topological polar surface area (TPSA) is 41.5 Å². The highest BCUT2D eigenvalue weighted by atomic mass is 16.5. The van der Waals surface area contributed by atoms with Crippen LogP contribution in [0.2, 0.25) is 0 Å². The summed E-state index contributed by atoms with van der Waals surface area (Å²) in [5.74, 6) is 0.335. The molecule has 3 atom stereocenters. The molecule has 1 aromatic rings. The minimum atomic E-state index is 0.262. The number of benzene rings is 1. The first-order chi connectivity index (χ1) is 9.19. The second kappa shape index (κ2) is 6.92. The van der Waals surface area contributed by atoms with E-state index in [1.807, 2.05) is 12.1 Å². The first kappa shape index (κ1) is 14.4. The minimum Gasteiger partial charge on any atom is -0.508 e. The molecule has 2 N–H and O–H groups in total. The molecule has 1 aliphatic rings. The van der Waals surface area contributed by atoms with Gasteiger partial charge in [-0.25, -0.2) is 0 Å². The smallest absolute Gasteiger partial charge is 0.115 e. The highest BCUT2D eigenvalue weighted by Gasteiger charge is 2.23.